The van der Waals surface area contributed by atoms with E-state index in [1.54, 1.807) is 0 Å². The molecule has 0 atom stereocenters. The molecule has 3 heteroatoms. The van der Waals surface area contributed by atoms with Gasteiger partial charge in [0.25, 0.3) is 0 Å². The van der Waals surface area contributed by atoms with E-state index in [9.17, 15) is 0 Å². The monoisotopic (exact) mass is 353 g/mol. The first-order chi connectivity index (χ1) is 12.3. The third kappa shape index (κ3) is 19.8. The van der Waals surface area contributed by atoms with E-state index in [-0.39, 0.29) is 0 Å². The van der Waals surface area contributed by atoms with Crippen LogP contribution in [0.4, 0.5) is 0 Å². The second-order valence-electron chi connectivity index (χ2n) is 7.36. The fourth-order valence-electron chi connectivity index (χ4n) is 3.19. The van der Waals surface area contributed by atoms with Gasteiger partial charge in [-0.15, -0.1) is 0 Å². The molecule has 0 aromatic carbocycles. The Bertz CT molecular complexity index is 258. The smallest absolute Gasteiger partial charge is 0.000671 e. The Hall–Kier alpha value is -0.380. The molecule has 0 radical (unpaired) electrons. The SMILES string of the molecule is CCCCCCCC/C=C/CCCCCCN(CCCN)CCCN. The Labute approximate surface area is 158 Å². The molecule has 0 unspecified atom stereocenters. The summed E-state index contributed by atoms with van der Waals surface area (Å²) in [5.41, 5.74) is 11.3. The number of unbranched alkanes of at least 4 members (excludes halogenated alkanes) is 10. The molecule has 0 fully saturated rings. The summed E-state index contributed by atoms with van der Waals surface area (Å²) >= 11 is 0. The van der Waals surface area contributed by atoms with Gasteiger partial charge < -0.3 is 16.4 Å². The van der Waals surface area contributed by atoms with E-state index in [0.29, 0.717) is 0 Å². The highest BCUT2D eigenvalue weighted by molar-refractivity contribution is 4.81. The molecule has 25 heavy (non-hydrogen) atoms. The van der Waals surface area contributed by atoms with Crippen LogP contribution in [0, 0.1) is 0 Å². The van der Waals surface area contributed by atoms with Crippen molar-refractivity contribution in [2.45, 2.75) is 96.8 Å². The lowest BCUT2D eigenvalue weighted by Crippen LogP contribution is -2.29. The average Bonchev–Trinajstić information content (AvgIpc) is 2.63. The summed E-state index contributed by atoms with van der Waals surface area (Å²) < 4.78 is 0. The topological polar surface area (TPSA) is 55.3 Å². The first-order valence-electron chi connectivity index (χ1n) is 11.1. The third-order valence-corrected chi connectivity index (χ3v) is 4.84. The highest BCUT2D eigenvalue weighted by atomic mass is 15.1. The maximum absolute atomic E-state index is 5.63. The Kier molecular flexibility index (Phi) is 21.3. The Morgan fingerprint density at radius 2 is 1.00 bits per heavy atom. The zero-order chi connectivity index (χ0) is 18.4. The van der Waals surface area contributed by atoms with Gasteiger partial charge in [-0.1, -0.05) is 64.0 Å². The minimum Gasteiger partial charge on any atom is -0.330 e. The molecular formula is C22H47N3. The summed E-state index contributed by atoms with van der Waals surface area (Å²) in [7, 11) is 0. The molecule has 0 saturated carbocycles. The van der Waals surface area contributed by atoms with Crippen molar-refractivity contribution in [3.63, 3.8) is 0 Å². The van der Waals surface area contributed by atoms with E-state index in [0.717, 1.165) is 39.0 Å². The molecule has 150 valence electrons. The third-order valence-electron chi connectivity index (χ3n) is 4.84. The van der Waals surface area contributed by atoms with Crippen molar-refractivity contribution in [1.82, 2.24) is 4.90 Å². The van der Waals surface area contributed by atoms with Crippen LogP contribution >= 0.6 is 0 Å². The van der Waals surface area contributed by atoms with Gasteiger partial charge in [-0.05, 0) is 77.7 Å². The van der Waals surface area contributed by atoms with Gasteiger partial charge in [-0.25, -0.2) is 0 Å². The van der Waals surface area contributed by atoms with E-state index in [1.807, 2.05) is 0 Å². The van der Waals surface area contributed by atoms with Gasteiger partial charge in [0.1, 0.15) is 0 Å². The van der Waals surface area contributed by atoms with Crippen molar-refractivity contribution >= 4 is 0 Å². The normalized spacial score (nSPS) is 11.8. The van der Waals surface area contributed by atoms with E-state index in [1.165, 1.54) is 83.6 Å². The summed E-state index contributed by atoms with van der Waals surface area (Å²) in [6.45, 7) is 7.36. The van der Waals surface area contributed by atoms with Gasteiger partial charge in [0, 0.05) is 0 Å². The second kappa shape index (κ2) is 21.7. The minimum absolute atomic E-state index is 0.796. The molecule has 4 N–H and O–H groups in total. The molecule has 0 aromatic rings. The van der Waals surface area contributed by atoms with Crippen LogP contribution in [-0.4, -0.2) is 37.6 Å². The van der Waals surface area contributed by atoms with Crippen LogP contribution in [0.3, 0.4) is 0 Å². The molecule has 0 aliphatic carbocycles. The van der Waals surface area contributed by atoms with Gasteiger partial charge in [-0.3, -0.25) is 0 Å². The number of nitrogens with two attached hydrogens (primary N) is 2. The zero-order valence-electron chi connectivity index (χ0n) is 17.2. The highest BCUT2D eigenvalue weighted by Gasteiger charge is 2.03. The maximum Gasteiger partial charge on any atom is -0.000671 e. The second-order valence-corrected chi connectivity index (χ2v) is 7.36. The predicted molar refractivity (Wildman–Crippen MR) is 114 cm³/mol. The Morgan fingerprint density at radius 3 is 1.52 bits per heavy atom. The molecule has 0 amide bonds. The summed E-state index contributed by atoms with van der Waals surface area (Å²) in [6, 6.07) is 0. The highest BCUT2D eigenvalue weighted by Crippen LogP contribution is 2.09. The summed E-state index contributed by atoms with van der Waals surface area (Å²) in [5.74, 6) is 0. The zero-order valence-corrected chi connectivity index (χ0v) is 17.2. The first-order valence-corrected chi connectivity index (χ1v) is 11.1. The molecule has 0 rings (SSSR count). The summed E-state index contributed by atoms with van der Waals surface area (Å²) in [4.78, 5) is 2.54. The molecular weight excluding hydrogens is 306 g/mol. The number of nitrogens with zero attached hydrogens (tertiary/aromatic N) is 1. The summed E-state index contributed by atoms with van der Waals surface area (Å²) in [5, 5.41) is 0. The van der Waals surface area contributed by atoms with Crippen LogP contribution in [0.25, 0.3) is 0 Å². The molecule has 0 spiro atoms. The van der Waals surface area contributed by atoms with Crippen molar-refractivity contribution in [2.75, 3.05) is 32.7 Å². The van der Waals surface area contributed by atoms with Crippen molar-refractivity contribution in [2.24, 2.45) is 11.5 Å². The average molecular weight is 354 g/mol. The van der Waals surface area contributed by atoms with Crippen LogP contribution in [-0.2, 0) is 0 Å². The van der Waals surface area contributed by atoms with Crippen LogP contribution in [0.15, 0.2) is 12.2 Å². The Balaban J connectivity index is 3.38. The van der Waals surface area contributed by atoms with Gasteiger partial charge in [0.2, 0.25) is 0 Å². The van der Waals surface area contributed by atoms with Crippen LogP contribution in [0.2, 0.25) is 0 Å². The van der Waals surface area contributed by atoms with Gasteiger partial charge >= 0.3 is 0 Å². The van der Waals surface area contributed by atoms with Gasteiger partial charge in [0.15, 0.2) is 0 Å². The fraction of sp³-hybridized carbons (Fsp3) is 0.909. The van der Waals surface area contributed by atoms with E-state index < -0.39 is 0 Å². The molecule has 3 nitrogen and oxygen atoms in total. The maximum atomic E-state index is 5.63. The molecule has 0 aliphatic heterocycles. The lowest BCUT2D eigenvalue weighted by atomic mass is 10.1. The first kappa shape index (κ1) is 24.6. The summed E-state index contributed by atoms with van der Waals surface area (Å²) in [6.07, 6.45) is 23.3. The number of hydrogen-bond acceptors (Lipinski definition) is 3. The van der Waals surface area contributed by atoms with Crippen molar-refractivity contribution in [3.05, 3.63) is 12.2 Å². The molecule has 0 aromatic heterocycles. The van der Waals surface area contributed by atoms with Crippen molar-refractivity contribution in [1.29, 1.82) is 0 Å². The van der Waals surface area contributed by atoms with Crippen LogP contribution in [0.1, 0.15) is 96.8 Å². The number of rotatable bonds is 20. The van der Waals surface area contributed by atoms with Gasteiger partial charge in [0.05, 0.1) is 0 Å². The van der Waals surface area contributed by atoms with Gasteiger partial charge in [-0.2, -0.15) is 0 Å². The molecule has 0 heterocycles. The molecule has 0 aliphatic rings. The largest absolute Gasteiger partial charge is 0.330 e. The van der Waals surface area contributed by atoms with E-state index in [2.05, 4.69) is 24.0 Å². The quantitative estimate of drug-likeness (QED) is 0.232. The van der Waals surface area contributed by atoms with Crippen LogP contribution in [0.5, 0.6) is 0 Å². The minimum atomic E-state index is 0.796. The van der Waals surface area contributed by atoms with Crippen LogP contribution < -0.4 is 11.5 Å². The number of allylic oxidation sites excluding steroid dienone is 2. The molecule has 0 bridgehead atoms. The fourth-order valence-corrected chi connectivity index (χ4v) is 3.19. The van der Waals surface area contributed by atoms with E-state index in [4.69, 9.17) is 11.5 Å². The lowest BCUT2D eigenvalue weighted by molar-refractivity contribution is 0.263. The lowest BCUT2D eigenvalue weighted by Gasteiger charge is -2.21. The Morgan fingerprint density at radius 1 is 0.560 bits per heavy atom. The van der Waals surface area contributed by atoms with Crippen molar-refractivity contribution in [3.8, 4) is 0 Å². The predicted octanol–water partition coefficient (Wildman–Crippen LogP) is 5.24. The van der Waals surface area contributed by atoms with Crippen molar-refractivity contribution < 1.29 is 0 Å². The van der Waals surface area contributed by atoms with E-state index >= 15 is 0 Å². The number of hydrogen-bond donors (Lipinski definition) is 2. The standard InChI is InChI=1S/C22H47N3/c1-2-3-4-5-6-7-8-9-10-11-12-13-14-15-20-25(21-16-18-23)22-17-19-24/h9-10H,2-8,11-24H2,1H3/b10-9+. The molecule has 0 saturated heterocycles.